The fourth-order valence-electron chi connectivity index (χ4n) is 1.25. The van der Waals surface area contributed by atoms with E-state index in [4.69, 9.17) is 5.73 Å². The van der Waals surface area contributed by atoms with Crippen LogP contribution in [0.1, 0.15) is 13.8 Å². The van der Waals surface area contributed by atoms with Crippen LogP contribution in [-0.2, 0) is 9.59 Å². The summed E-state index contributed by atoms with van der Waals surface area (Å²) in [4.78, 5) is 22.8. The topological polar surface area (TPSA) is 84.2 Å². The largest absolute Gasteiger partial charge is 0.369 e. The molecule has 1 aliphatic heterocycles. The van der Waals surface area contributed by atoms with Crippen molar-refractivity contribution >= 4 is 23.6 Å². The molecule has 4 N–H and O–H groups in total. The van der Waals surface area contributed by atoms with Crippen molar-refractivity contribution in [1.29, 1.82) is 0 Å². The van der Waals surface area contributed by atoms with E-state index in [-0.39, 0.29) is 18.5 Å². The zero-order chi connectivity index (χ0) is 12.2. The number of thioether (sulfide) groups is 1. The quantitative estimate of drug-likeness (QED) is 0.612. The van der Waals surface area contributed by atoms with Crippen LogP contribution >= 0.6 is 11.8 Å². The Hall–Kier alpha value is -0.750. The number of hydrogen-bond donors (Lipinski definition) is 3. The highest BCUT2D eigenvalue weighted by Gasteiger charge is 2.27. The summed E-state index contributed by atoms with van der Waals surface area (Å²) in [6.45, 7) is 4.57. The standard InChI is InChI=1S/C10H19N3O2S/c1-10(2,9(11)15)6-13-8(14)7-5-16-4-3-12-7/h7,12H,3-6H2,1-2H3,(H2,11,15)(H,13,14). The lowest BCUT2D eigenvalue weighted by Gasteiger charge is -2.25. The first kappa shape index (κ1) is 13.3. The number of nitrogens with one attached hydrogen (secondary N) is 2. The third-order valence-corrected chi connectivity index (χ3v) is 3.67. The molecule has 0 spiro atoms. The number of carbonyl (C=O) groups excluding carboxylic acids is 2. The molecule has 1 atom stereocenters. The Morgan fingerprint density at radius 1 is 1.56 bits per heavy atom. The molecule has 92 valence electrons. The van der Waals surface area contributed by atoms with Gasteiger partial charge in [0.25, 0.3) is 0 Å². The molecule has 0 radical (unpaired) electrons. The number of amides is 2. The van der Waals surface area contributed by atoms with Crippen LogP contribution < -0.4 is 16.4 Å². The van der Waals surface area contributed by atoms with Gasteiger partial charge in [-0.25, -0.2) is 0 Å². The highest BCUT2D eigenvalue weighted by molar-refractivity contribution is 7.99. The molecule has 0 aromatic rings. The fourth-order valence-corrected chi connectivity index (χ4v) is 2.19. The summed E-state index contributed by atoms with van der Waals surface area (Å²) >= 11 is 1.76. The molecule has 6 heteroatoms. The van der Waals surface area contributed by atoms with Crippen LogP contribution in [0.2, 0.25) is 0 Å². The lowest BCUT2D eigenvalue weighted by molar-refractivity contribution is -0.127. The van der Waals surface area contributed by atoms with Crippen LogP contribution in [0.4, 0.5) is 0 Å². The van der Waals surface area contributed by atoms with Gasteiger partial charge in [0.1, 0.15) is 0 Å². The van der Waals surface area contributed by atoms with E-state index in [2.05, 4.69) is 10.6 Å². The molecule has 1 rings (SSSR count). The van der Waals surface area contributed by atoms with Gasteiger partial charge in [-0.15, -0.1) is 0 Å². The highest BCUT2D eigenvalue weighted by atomic mass is 32.2. The second-order valence-corrected chi connectivity index (χ2v) is 5.70. The van der Waals surface area contributed by atoms with Crippen LogP contribution in [-0.4, -0.2) is 42.5 Å². The zero-order valence-corrected chi connectivity index (χ0v) is 10.5. The Kier molecular flexibility index (Phi) is 4.61. The monoisotopic (exact) mass is 245 g/mol. The molecule has 1 fully saturated rings. The summed E-state index contributed by atoms with van der Waals surface area (Å²) in [6.07, 6.45) is 0. The maximum absolute atomic E-state index is 11.7. The van der Waals surface area contributed by atoms with Crippen molar-refractivity contribution in [2.24, 2.45) is 11.1 Å². The first-order valence-corrected chi connectivity index (χ1v) is 6.48. The number of nitrogens with two attached hydrogens (primary N) is 1. The maximum Gasteiger partial charge on any atom is 0.238 e. The lowest BCUT2D eigenvalue weighted by Crippen LogP contribution is -2.52. The smallest absolute Gasteiger partial charge is 0.238 e. The van der Waals surface area contributed by atoms with Crippen molar-refractivity contribution in [3.8, 4) is 0 Å². The van der Waals surface area contributed by atoms with Gasteiger partial charge >= 0.3 is 0 Å². The fraction of sp³-hybridized carbons (Fsp3) is 0.800. The van der Waals surface area contributed by atoms with E-state index in [1.165, 1.54) is 0 Å². The van der Waals surface area contributed by atoms with Gasteiger partial charge in [-0.1, -0.05) is 0 Å². The van der Waals surface area contributed by atoms with E-state index >= 15 is 0 Å². The highest BCUT2D eigenvalue weighted by Crippen LogP contribution is 2.12. The summed E-state index contributed by atoms with van der Waals surface area (Å²) in [5.74, 6) is 1.36. The average Bonchev–Trinajstić information content (AvgIpc) is 2.27. The van der Waals surface area contributed by atoms with E-state index in [0.29, 0.717) is 0 Å². The van der Waals surface area contributed by atoms with Crippen LogP contribution in [0, 0.1) is 5.41 Å². The minimum absolute atomic E-state index is 0.0541. The lowest BCUT2D eigenvalue weighted by atomic mass is 9.93. The summed E-state index contributed by atoms with van der Waals surface area (Å²) < 4.78 is 0. The molecule has 0 bridgehead atoms. The number of primary amides is 1. The third kappa shape index (κ3) is 3.68. The SMILES string of the molecule is CC(C)(CNC(=O)C1CSCCN1)C(N)=O. The third-order valence-electron chi connectivity index (χ3n) is 2.61. The maximum atomic E-state index is 11.7. The summed E-state index contributed by atoms with van der Waals surface area (Å²) in [7, 11) is 0. The van der Waals surface area contributed by atoms with Crippen LogP contribution in [0.15, 0.2) is 0 Å². The second kappa shape index (κ2) is 5.54. The van der Waals surface area contributed by atoms with Crippen molar-refractivity contribution in [1.82, 2.24) is 10.6 Å². The number of carbonyl (C=O) groups is 2. The Morgan fingerprint density at radius 3 is 2.75 bits per heavy atom. The second-order valence-electron chi connectivity index (χ2n) is 4.55. The average molecular weight is 245 g/mol. The Morgan fingerprint density at radius 2 is 2.25 bits per heavy atom. The van der Waals surface area contributed by atoms with Crippen molar-refractivity contribution in [2.75, 3.05) is 24.6 Å². The number of hydrogen-bond acceptors (Lipinski definition) is 4. The molecule has 1 saturated heterocycles. The molecular formula is C10H19N3O2S. The van der Waals surface area contributed by atoms with Crippen LogP contribution in [0.25, 0.3) is 0 Å². The Labute approximate surface area is 99.9 Å². The van der Waals surface area contributed by atoms with Gasteiger partial charge in [-0.3, -0.25) is 9.59 Å². The van der Waals surface area contributed by atoms with Crippen molar-refractivity contribution < 1.29 is 9.59 Å². The van der Waals surface area contributed by atoms with Gasteiger partial charge < -0.3 is 16.4 Å². The van der Waals surface area contributed by atoms with E-state index in [0.717, 1.165) is 18.1 Å². The minimum atomic E-state index is -0.697. The van der Waals surface area contributed by atoms with Crippen molar-refractivity contribution in [3.63, 3.8) is 0 Å². The van der Waals surface area contributed by atoms with Crippen LogP contribution in [0.3, 0.4) is 0 Å². The van der Waals surface area contributed by atoms with Gasteiger partial charge in [0.2, 0.25) is 11.8 Å². The van der Waals surface area contributed by atoms with Gasteiger partial charge in [-0.2, -0.15) is 11.8 Å². The molecule has 5 nitrogen and oxygen atoms in total. The molecule has 0 aromatic heterocycles. The predicted octanol–water partition coefficient (Wildman–Crippen LogP) is -0.681. The van der Waals surface area contributed by atoms with E-state index in [1.807, 2.05) is 0 Å². The van der Waals surface area contributed by atoms with E-state index < -0.39 is 11.3 Å². The molecule has 2 amide bonds. The molecule has 16 heavy (non-hydrogen) atoms. The van der Waals surface area contributed by atoms with Crippen LogP contribution in [0.5, 0.6) is 0 Å². The first-order valence-electron chi connectivity index (χ1n) is 5.32. The number of rotatable bonds is 4. The van der Waals surface area contributed by atoms with E-state index in [1.54, 1.807) is 25.6 Å². The Balaban J connectivity index is 2.37. The first-order chi connectivity index (χ1) is 7.43. The molecular weight excluding hydrogens is 226 g/mol. The minimum Gasteiger partial charge on any atom is -0.369 e. The molecule has 1 aliphatic rings. The molecule has 1 unspecified atom stereocenters. The summed E-state index contributed by atoms with van der Waals surface area (Å²) in [5.41, 5.74) is 4.53. The zero-order valence-electron chi connectivity index (χ0n) is 9.71. The normalized spacial score (nSPS) is 21.5. The molecule has 1 heterocycles. The molecule has 0 saturated carbocycles. The van der Waals surface area contributed by atoms with Crippen molar-refractivity contribution in [2.45, 2.75) is 19.9 Å². The van der Waals surface area contributed by atoms with Gasteiger partial charge in [0.15, 0.2) is 0 Å². The summed E-state index contributed by atoms with van der Waals surface area (Å²) in [5, 5.41) is 5.89. The molecule has 0 aliphatic carbocycles. The van der Waals surface area contributed by atoms with Crippen molar-refractivity contribution in [3.05, 3.63) is 0 Å². The summed E-state index contributed by atoms with van der Waals surface area (Å²) in [6, 6.07) is -0.151. The van der Waals surface area contributed by atoms with E-state index in [9.17, 15) is 9.59 Å². The Bertz CT molecular complexity index is 275. The van der Waals surface area contributed by atoms with Gasteiger partial charge in [-0.05, 0) is 13.8 Å². The van der Waals surface area contributed by atoms with Gasteiger partial charge in [0, 0.05) is 24.6 Å². The predicted molar refractivity (Wildman–Crippen MR) is 65.1 cm³/mol. The molecule has 0 aromatic carbocycles. The van der Waals surface area contributed by atoms with Gasteiger partial charge in [0.05, 0.1) is 11.5 Å².